The third kappa shape index (κ3) is 4.35. The highest BCUT2D eigenvalue weighted by Crippen LogP contribution is 2.19. The Morgan fingerprint density at radius 3 is 2.08 bits per heavy atom. The molecule has 0 aromatic heterocycles. The van der Waals surface area contributed by atoms with Gasteiger partial charge in [0, 0.05) is 0 Å². The normalized spacial score (nSPS) is 10.7. The molecule has 76 valence electrons. The van der Waals surface area contributed by atoms with E-state index in [2.05, 4.69) is 4.74 Å². The van der Waals surface area contributed by atoms with E-state index in [9.17, 15) is 9.59 Å². The first kappa shape index (κ1) is 11.7. The lowest BCUT2D eigenvalue weighted by Gasteiger charge is -2.25. The van der Waals surface area contributed by atoms with Gasteiger partial charge in [0.1, 0.15) is 5.60 Å². The van der Waals surface area contributed by atoms with Crippen LogP contribution >= 0.6 is 0 Å². The first-order chi connectivity index (χ1) is 5.93. The van der Waals surface area contributed by atoms with Gasteiger partial charge in [-0.05, 0) is 19.8 Å². The predicted octanol–water partition coefficient (Wildman–Crippen LogP) is 2.40. The van der Waals surface area contributed by atoms with E-state index in [0.717, 1.165) is 0 Å². The Hall–Kier alpha value is -1.26. The minimum Gasteiger partial charge on any atom is -0.449 e. The third-order valence-corrected chi connectivity index (χ3v) is 2.00. The van der Waals surface area contributed by atoms with E-state index in [1.165, 1.54) is 0 Å². The van der Waals surface area contributed by atoms with Crippen LogP contribution in [0.4, 0.5) is 9.59 Å². The summed E-state index contributed by atoms with van der Waals surface area (Å²) in [5, 5.41) is 8.10. The molecule has 0 saturated carbocycles. The molecule has 0 aromatic carbocycles. The first-order valence-electron chi connectivity index (χ1n) is 4.07. The van der Waals surface area contributed by atoms with E-state index in [4.69, 9.17) is 9.84 Å². The molecule has 0 heterocycles. The second-order valence-electron chi connectivity index (χ2n) is 2.88. The van der Waals surface area contributed by atoms with E-state index in [0.29, 0.717) is 12.8 Å². The van der Waals surface area contributed by atoms with Crippen molar-refractivity contribution in [1.29, 1.82) is 0 Å². The summed E-state index contributed by atoms with van der Waals surface area (Å²) < 4.78 is 8.61. The molecule has 0 aliphatic heterocycles. The first-order valence-corrected chi connectivity index (χ1v) is 4.07. The largest absolute Gasteiger partial charge is 0.519 e. The van der Waals surface area contributed by atoms with Crippen molar-refractivity contribution < 1.29 is 24.2 Å². The Labute approximate surface area is 76.6 Å². The monoisotopic (exact) mass is 190 g/mol. The summed E-state index contributed by atoms with van der Waals surface area (Å²) in [6.45, 7) is 5.41. The second kappa shape index (κ2) is 4.69. The maximum atomic E-state index is 10.8. The van der Waals surface area contributed by atoms with Crippen LogP contribution in [0.2, 0.25) is 0 Å². The summed E-state index contributed by atoms with van der Waals surface area (Å²) in [6.07, 6.45) is -1.60. The maximum Gasteiger partial charge on any atom is 0.519 e. The maximum absolute atomic E-state index is 10.8. The Balaban J connectivity index is 4.09. The quantitative estimate of drug-likeness (QED) is 0.546. The number of carbonyl (C=O) groups excluding carboxylic acids is 1. The van der Waals surface area contributed by atoms with Gasteiger partial charge in [0.15, 0.2) is 0 Å². The lowest BCUT2D eigenvalue weighted by molar-refractivity contribution is -0.0226. The summed E-state index contributed by atoms with van der Waals surface area (Å²) in [7, 11) is 0. The van der Waals surface area contributed by atoms with Crippen LogP contribution in [0, 0.1) is 0 Å². The van der Waals surface area contributed by atoms with E-state index in [-0.39, 0.29) is 0 Å². The van der Waals surface area contributed by atoms with Crippen LogP contribution in [0.3, 0.4) is 0 Å². The molecule has 0 aliphatic carbocycles. The number of hydrogen-bond donors (Lipinski definition) is 1. The van der Waals surface area contributed by atoms with Gasteiger partial charge < -0.3 is 14.6 Å². The molecule has 0 radical (unpaired) electrons. The van der Waals surface area contributed by atoms with E-state index >= 15 is 0 Å². The smallest absolute Gasteiger partial charge is 0.449 e. The highest BCUT2D eigenvalue weighted by molar-refractivity contribution is 5.75. The summed E-state index contributed by atoms with van der Waals surface area (Å²) in [6, 6.07) is 0. The summed E-state index contributed by atoms with van der Waals surface area (Å²) in [5.41, 5.74) is -0.646. The predicted molar refractivity (Wildman–Crippen MR) is 44.6 cm³/mol. The topological polar surface area (TPSA) is 72.8 Å². The van der Waals surface area contributed by atoms with Crippen LogP contribution in [-0.2, 0) is 9.47 Å². The van der Waals surface area contributed by atoms with Crippen molar-refractivity contribution in [3.63, 3.8) is 0 Å². The van der Waals surface area contributed by atoms with Gasteiger partial charge in [-0.3, -0.25) is 0 Å². The number of carbonyl (C=O) groups is 2. The van der Waals surface area contributed by atoms with Crippen LogP contribution in [-0.4, -0.2) is 23.0 Å². The van der Waals surface area contributed by atoms with Gasteiger partial charge in [0.05, 0.1) is 0 Å². The zero-order valence-electron chi connectivity index (χ0n) is 7.99. The molecule has 13 heavy (non-hydrogen) atoms. The van der Waals surface area contributed by atoms with Crippen LogP contribution in [0.15, 0.2) is 0 Å². The minimum atomic E-state index is -1.65. The SMILES string of the molecule is CCC(C)(CC)OC(=O)OC(=O)O. The lowest BCUT2D eigenvalue weighted by atomic mass is 10.0. The zero-order valence-corrected chi connectivity index (χ0v) is 7.99. The van der Waals surface area contributed by atoms with E-state index in [1.807, 2.05) is 13.8 Å². The van der Waals surface area contributed by atoms with E-state index in [1.54, 1.807) is 6.92 Å². The fourth-order valence-corrected chi connectivity index (χ4v) is 0.688. The average molecular weight is 190 g/mol. The molecule has 5 nitrogen and oxygen atoms in total. The Morgan fingerprint density at radius 1 is 1.31 bits per heavy atom. The molecule has 0 spiro atoms. The third-order valence-electron chi connectivity index (χ3n) is 2.00. The second-order valence-corrected chi connectivity index (χ2v) is 2.88. The molecule has 0 aliphatic rings. The molecule has 1 N–H and O–H groups in total. The lowest BCUT2D eigenvalue weighted by Crippen LogP contribution is -2.31. The van der Waals surface area contributed by atoms with Crippen molar-refractivity contribution >= 4 is 12.3 Å². The number of ether oxygens (including phenoxy) is 2. The summed E-state index contributed by atoms with van der Waals surface area (Å²) in [5.74, 6) is 0. The molecule has 0 rings (SSSR count). The van der Waals surface area contributed by atoms with Crippen molar-refractivity contribution in [1.82, 2.24) is 0 Å². The van der Waals surface area contributed by atoms with Gasteiger partial charge in [-0.25, -0.2) is 9.59 Å². The van der Waals surface area contributed by atoms with Gasteiger partial charge in [-0.1, -0.05) is 13.8 Å². The molecule has 0 amide bonds. The summed E-state index contributed by atoms with van der Waals surface area (Å²) >= 11 is 0. The molecule has 0 bridgehead atoms. The molecule has 0 fully saturated rings. The minimum absolute atomic E-state index is 0.609. The van der Waals surface area contributed by atoms with Gasteiger partial charge in [0.2, 0.25) is 0 Å². The molecule has 0 atom stereocenters. The van der Waals surface area contributed by atoms with Crippen molar-refractivity contribution in [2.75, 3.05) is 0 Å². The zero-order chi connectivity index (χ0) is 10.5. The summed E-state index contributed by atoms with van der Waals surface area (Å²) in [4.78, 5) is 20.7. The average Bonchev–Trinajstić information content (AvgIpc) is 2.02. The van der Waals surface area contributed by atoms with Gasteiger partial charge in [-0.15, -0.1) is 0 Å². The highest BCUT2D eigenvalue weighted by atomic mass is 16.8. The van der Waals surface area contributed by atoms with Crippen LogP contribution in [0.5, 0.6) is 0 Å². The van der Waals surface area contributed by atoms with Crippen molar-refractivity contribution in [2.45, 2.75) is 39.2 Å². The van der Waals surface area contributed by atoms with Crippen LogP contribution < -0.4 is 0 Å². The van der Waals surface area contributed by atoms with Crippen LogP contribution in [0.1, 0.15) is 33.6 Å². The van der Waals surface area contributed by atoms with Gasteiger partial charge >= 0.3 is 12.3 Å². The van der Waals surface area contributed by atoms with Crippen LogP contribution in [0.25, 0.3) is 0 Å². The molecular weight excluding hydrogens is 176 g/mol. The van der Waals surface area contributed by atoms with Crippen molar-refractivity contribution in [3.05, 3.63) is 0 Å². The fraction of sp³-hybridized carbons (Fsp3) is 0.750. The van der Waals surface area contributed by atoms with Crippen molar-refractivity contribution in [3.8, 4) is 0 Å². The molecule has 5 heteroatoms. The van der Waals surface area contributed by atoms with E-state index < -0.39 is 17.9 Å². The standard InChI is InChI=1S/C8H14O5/c1-4-8(3,5-2)13-7(11)12-6(9)10/h4-5H2,1-3H3,(H,9,10). The Bertz CT molecular complexity index is 195. The Kier molecular flexibility index (Phi) is 4.23. The molecule has 0 unspecified atom stereocenters. The fourth-order valence-electron chi connectivity index (χ4n) is 0.688. The molecular formula is C8H14O5. The molecule has 0 saturated heterocycles. The number of rotatable bonds is 3. The van der Waals surface area contributed by atoms with Crippen molar-refractivity contribution in [2.24, 2.45) is 0 Å². The molecule has 0 aromatic rings. The number of hydrogen-bond acceptors (Lipinski definition) is 4. The number of carboxylic acid groups (broad SMARTS) is 1. The van der Waals surface area contributed by atoms with Gasteiger partial charge in [-0.2, -0.15) is 0 Å². The van der Waals surface area contributed by atoms with Gasteiger partial charge in [0.25, 0.3) is 0 Å². The highest BCUT2D eigenvalue weighted by Gasteiger charge is 2.26. The Morgan fingerprint density at radius 2 is 1.77 bits per heavy atom.